The smallest absolute Gasteiger partial charge is 0.303 e. The number of aliphatic carboxylic acids is 1. The molecule has 0 spiro atoms. The highest BCUT2D eigenvalue weighted by Crippen LogP contribution is 2.23. The molecule has 17 heavy (non-hydrogen) atoms. The fourth-order valence-corrected chi connectivity index (χ4v) is 2.33. The van der Waals surface area contributed by atoms with E-state index < -0.39 is 5.97 Å². The summed E-state index contributed by atoms with van der Waals surface area (Å²) in [5.74, 6) is -0.798. The summed E-state index contributed by atoms with van der Waals surface area (Å²) in [6.45, 7) is 0. The van der Waals surface area contributed by atoms with E-state index in [0.717, 1.165) is 16.3 Å². The standard InChI is InChI=1S/C12H10ClNO2S/c13-9-3-1-8(2-4-9)10-7-17-11(14-10)5-6-12(15)16/h1-4,7H,5-6H2,(H,15,16). The Morgan fingerprint density at radius 2 is 2.06 bits per heavy atom. The third-order valence-corrected chi connectivity index (χ3v) is 3.41. The van der Waals surface area contributed by atoms with Crippen LogP contribution in [-0.4, -0.2) is 16.1 Å². The lowest BCUT2D eigenvalue weighted by Gasteiger charge is -1.96. The van der Waals surface area contributed by atoms with Crippen LogP contribution >= 0.6 is 22.9 Å². The lowest BCUT2D eigenvalue weighted by Crippen LogP contribution is -1.96. The lowest BCUT2D eigenvalue weighted by molar-refractivity contribution is -0.136. The van der Waals surface area contributed by atoms with E-state index in [2.05, 4.69) is 4.98 Å². The van der Waals surface area contributed by atoms with Crippen LogP contribution < -0.4 is 0 Å². The Labute approximate surface area is 108 Å². The average molecular weight is 268 g/mol. The molecular weight excluding hydrogens is 258 g/mol. The maximum absolute atomic E-state index is 10.4. The number of halogens is 1. The van der Waals surface area contributed by atoms with Crippen LogP contribution in [0.3, 0.4) is 0 Å². The number of aryl methyl sites for hydroxylation is 1. The second-order valence-corrected chi connectivity index (χ2v) is 4.91. The summed E-state index contributed by atoms with van der Waals surface area (Å²) in [6, 6.07) is 7.43. The molecule has 1 aromatic carbocycles. The number of thiazole rings is 1. The van der Waals surface area contributed by atoms with Crippen LogP contribution in [0.15, 0.2) is 29.6 Å². The number of carbonyl (C=O) groups is 1. The van der Waals surface area contributed by atoms with Gasteiger partial charge < -0.3 is 5.11 Å². The van der Waals surface area contributed by atoms with E-state index in [1.165, 1.54) is 11.3 Å². The van der Waals surface area contributed by atoms with Crippen molar-refractivity contribution >= 4 is 28.9 Å². The van der Waals surface area contributed by atoms with Crippen molar-refractivity contribution in [1.82, 2.24) is 4.98 Å². The van der Waals surface area contributed by atoms with Gasteiger partial charge in [0.2, 0.25) is 0 Å². The molecule has 1 N–H and O–H groups in total. The van der Waals surface area contributed by atoms with Crippen LogP contribution in [0.4, 0.5) is 0 Å². The van der Waals surface area contributed by atoms with Gasteiger partial charge >= 0.3 is 5.97 Å². The van der Waals surface area contributed by atoms with Crippen LogP contribution in [0.5, 0.6) is 0 Å². The first-order valence-corrected chi connectivity index (χ1v) is 6.33. The molecule has 0 saturated carbocycles. The number of carboxylic acid groups (broad SMARTS) is 1. The summed E-state index contributed by atoms with van der Waals surface area (Å²) < 4.78 is 0. The molecule has 2 rings (SSSR count). The van der Waals surface area contributed by atoms with E-state index in [4.69, 9.17) is 16.7 Å². The predicted molar refractivity (Wildman–Crippen MR) is 68.5 cm³/mol. The first-order valence-electron chi connectivity index (χ1n) is 5.07. The number of aromatic nitrogens is 1. The van der Waals surface area contributed by atoms with E-state index >= 15 is 0 Å². The molecule has 1 aromatic heterocycles. The number of benzene rings is 1. The number of nitrogens with zero attached hydrogens (tertiary/aromatic N) is 1. The lowest BCUT2D eigenvalue weighted by atomic mass is 10.2. The first kappa shape index (κ1) is 12.1. The van der Waals surface area contributed by atoms with E-state index in [1.54, 1.807) is 0 Å². The minimum Gasteiger partial charge on any atom is -0.481 e. The average Bonchev–Trinajstić information content (AvgIpc) is 2.76. The molecule has 0 aliphatic carbocycles. The zero-order valence-corrected chi connectivity index (χ0v) is 10.5. The highest BCUT2D eigenvalue weighted by atomic mass is 35.5. The third-order valence-electron chi connectivity index (χ3n) is 2.24. The molecule has 88 valence electrons. The predicted octanol–water partition coefficient (Wildman–Crippen LogP) is 3.48. The highest BCUT2D eigenvalue weighted by molar-refractivity contribution is 7.09. The fourth-order valence-electron chi connectivity index (χ4n) is 1.39. The topological polar surface area (TPSA) is 50.2 Å². The molecule has 0 aliphatic rings. The molecule has 0 amide bonds. The number of rotatable bonds is 4. The van der Waals surface area contributed by atoms with Crippen molar-refractivity contribution in [3.05, 3.63) is 39.7 Å². The molecule has 0 saturated heterocycles. The molecule has 5 heteroatoms. The van der Waals surface area contributed by atoms with Gasteiger partial charge in [-0.3, -0.25) is 4.79 Å². The molecule has 2 aromatic rings. The van der Waals surface area contributed by atoms with Crippen molar-refractivity contribution < 1.29 is 9.90 Å². The molecule has 0 fully saturated rings. The van der Waals surface area contributed by atoms with E-state index in [-0.39, 0.29) is 6.42 Å². The number of hydrogen-bond donors (Lipinski definition) is 1. The molecule has 0 unspecified atom stereocenters. The van der Waals surface area contributed by atoms with Gasteiger partial charge in [-0.2, -0.15) is 0 Å². The van der Waals surface area contributed by atoms with Gasteiger partial charge in [-0.15, -0.1) is 11.3 Å². The maximum Gasteiger partial charge on any atom is 0.303 e. The second-order valence-electron chi connectivity index (χ2n) is 3.53. The molecule has 1 heterocycles. The van der Waals surface area contributed by atoms with Crippen molar-refractivity contribution in [3.8, 4) is 11.3 Å². The molecule has 0 aliphatic heterocycles. The monoisotopic (exact) mass is 267 g/mol. The number of carboxylic acids is 1. The Hall–Kier alpha value is -1.39. The first-order chi connectivity index (χ1) is 8.15. The van der Waals surface area contributed by atoms with Gasteiger partial charge in [-0.25, -0.2) is 4.98 Å². The van der Waals surface area contributed by atoms with Gasteiger partial charge in [-0.1, -0.05) is 23.7 Å². The van der Waals surface area contributed by atoms with Crippen LogP contribution in [0.2, 0.25) is 5.02 Å². The summed E-state index contributed by atoms with van der Waals surface area (Å²) in [7, 11) is 0. The van der Waals surface area contributed by atoms with Gasteiger partial charge in [0, 0.05) is 22.4 Å². The minimum atomic E-state index is -0.798. The molecule has 0 atom stereocenters. The highest BCUT2D eigenvalue weighted by Gasteiger charge is 2.06. The Morgan fingerprint density at radius 3 is 2.71 bits per heavy atom. The van der Waals surface area contributed by atoms with Crippen molar-refractivity contribution in [3.63, 3.8) is 0 Å². The van der Waals surface area contributed by atoms with Gasteiger partial charge in [0.25, 0.3) is 0 Å². The number of hydrogen-bond acceptors (Lipinski definition) is 3. The van der Waals surface area contributed by atoms with Gasteiger partial charge in [0.15, 0.2) is 0 Å². The van der Waals surface area contributed by atoms with Gasteiger partial charge in [0.1, 0.15) is 0 Å². The minimum absolute atomic E-state index is 0.119. The zero-order chi connectivity index (χ0) is 12.3. The summed E-state index contributed by atoms with van der Waals surface area (Å²) in [5.41, 5.74) is 1.86. The summed E-state index contributed by atoms with van der Waals surface area (Å²) >= 11 is 7.29. The normalized spacial score (nSPS) is 10.4. The quantitative estimate of drug-likeness (QED) is 0.923. The molecule has 0 bridgehead atoms. The van der Waals surface area contributed by atoms with E-state index in [1.807, 2.05) is 29.6 Å². The fraction of sp³-hybridized carbons (Fsp3) is 0.167. The van der Waals surface area contributed by atoms with Crippen molar-refractivity contribution in [2.75, 3.05) is 0 Å². The maximum atomic E-state index is 10.4. The van der Waals surface area contributed by atoms with Crippen molar-refractivity contribution in [2.45, 2.75) is 12.8 Å². The SMILES string of the molecule is O=C(O)CCc1nc(-c2ccc(Cl)cc2)cs1. The van der Waals surface area contributed by atoms with Gasteiger partial charge in [-0.05, 0) is 12.1 Å². The summed E-state index contributed by atoms with van der Waals surface area (Å²) in [5, 5.41) is 12.1. The van der Waals surface area contributed by atoms with Crippen LogP contribution in [-0.2, 0) is 11.2 Å². The Balaban J connectivity index is 2.12. The van der Waals surface area contributed by atoms with Crippen LogP contribution in [0.1, 0.15) is 11.4 Å². The Morgan fingerprint density at radius 1 is 1.35 bits per heavy atom. The van der Waals surface area contributed by atoms with Crippen LogP contribution in [0.25, 0.3) is 11.3 Å². The van der Waals surface area contributed by atoms with Crippen molar-refractivity contribution in [2.24, 2.45) is 0 Å². The van der Waals surface area contributed by atoms with Gasteiger partial charge in [0.05, 0.1) is 17.1 Å². The Bertz CT molecular complexity index is 522. The zero-order valence-electron chi connectivity index (χ0n) is 8.89. The molecule has 0 radical (unpaired) electrons. The largest absolute Gasteiger partial charge is 0.481 e. The van der Waals surface area contributed by atoms with E-state index in [0.29, 0.717) is 11.4 Å². The van der Waals surface area contributed by atoms with Crippen LogP contribution in [0, 0.1) is 0 Å². The summed E-state index contributed by atoms with van der Waals surface area (Å²) in [4.78, 5) is 14.8. The summed E-state index contributed by atoms with van der Waals surface area (Å²) in [6.07, 6.45) is 0.598. The molecule has 3 nitrogen and oxygen atoms in total. The van der Waals surface area contributed by atoms with E-state index in [9.17, 15) is 4.79 Å². The second kappa shape index (κ2) is 5.29. The van der Waals surface area contributed by atoms with Crippen molar-refractivity contribution in [1.29, 1.82) is 0 Å². The third kappa shape index (κ3) is 3.28. The molecular formula is C12H10ClNO2S. The Kier molecular flexibility index (Phi) is 3.76.